The second kappa shape index (κ2) is 5.71. The third-order valence-electron chi connectivity index (χ3n) is 2.78. The van der Waals surface area contributed by atoms with E-state index in [2.05, 4.69) is 5.32 Å². The van der Waals surface area contributed by atoms with Crippen LogP contribution in [0.25, 0.3) is 0 Å². The summed E-state index contributed by atoms with van der Waals surface area (Å²) in [4.78, 5) is 10.6. The molecule has 5 heteroatoms. The van der Waals surface area contributed by atoms with Crippen LogP contribution in [0.1, 0.15) is 11.1 Å². The topological polar surface area (TPSA) is 55.2 Å². The highest BCUT2D eigenvalue weighted by molar-refractivity contribution is 6.31. The molecule has 0 atom stereocenters. The summed E-state index contributed by atoms with van der Waals surface area (Å²) in [6.07, 6.45) is 0. The van der Waals surface area contributed by atoms with Gasteiger partial charge < -0.3 is 5.32 Å². The first-order chi connectivity index (χ1) is 9.08. The molecule has 0 heterocycles. The van der Waals surface area contributed by atoms with Crippen LogP contribution in [0.5, 0.6) is 0 Å². The second-order valence-electron chi connectivity index (χ2n) is 4.22. The Morgan fingerprint density at radius 2 is 2.00 bits per heavy atom. The minimum Gasteiger partial charge on any atom is -0.375 e. The van der Waals surface area contributed by atoms with Crippen molar-refractivity contribution in [1.82, 2.24) is 0 Å². The number of hydrogen-bond acceptors (Lipinski definition) is 3. The Labute approximate surface area is 116 Å². The van der Waals surface area contributed by atoms with Crippen molar-refractivity contribution in [3.8, 4) is 0 Å². The van der Waals surface area contributed by atoms with E-state index >= 15 is 0 Å². The fourth-order valence-corrected chi connectivity index (χ4v) is 1.99. The maximum absolute atomic E-state index is 11.0. The van der Waals surface area contributed by atoms with Crippen LogP contribution in [0.3, 0.4) is 0 Å². The Hall–Kier alpha value is -2.07. The molecule has 2 aromatic carbocycles. The number of nitrogens with zero attached hydrogens (tertiary/aromatic N) is 1. The van der Waals surface area contributed by atoms with Crippen LogP contribution in [0, 0.1) is 17.0 Å². The molecule has 0 amide bonds. The first kappa shape index (κ1) is 13.4. The van der Waals surface area contributed by atoms with Crippen LogP contribution < -0.4 is 5.32 Å². The molecule has 0 aliphatic heterocycles. The monoisotopic (exact) mass is 276 g/mol. The van der Waals surface area contributed by atoms with E-state index in [1.54, 1.807) is 18.2 Å². The average Bonchev–Trinajstić information content (AvgIpc) is 2.37. The number of nitrogens with one attached hydrogen (secondary N) is 1. The zero-order valence-corrected chi connectivity index (χ0v) is 11.1. The van der Waals surface area contributed by atoms with E-state index in [9.17, 15) is 10.1 Å². The van der Waals surface area contributed by atoms with Gasteiger partial charge in [-0.3, -0.25) is 10.1 Å². The molecule has 2 aromatic rings. The van der Waals surface area contributed by atoms with Crippen molar-refractivity contribution in [3.63, 3.8) is 0 Å². The molecule has 0 saturated carbocycles. The molecule has 4 nitrogen and oxygen atoms in total. The summed E-state index contributed by atoms with van der Waals surface area (Å²) in [6, 6.07) is 12.4. The molecule has 1 N–H and O–H groups in total. The Bertz CT molecular complexity index is 614. The van der Waals surface area contributed by atoms with Gasteiger partial charge in [0.1, 0.15) is 5.69 Å². The number of anilines is 1. The van der Waals surface area contributed by atoms with Gasteiger partial charge in [-0.15, -0.1) is 0 Å². The average molecular weight is 277 g/mol. The zero-order valence-electron chi connectivity index (χ0n) is 10.4. The lowest BCUT2D eigenvalue weighted by molar-refractivity contribution is -0.384. The number of rotatable bonds is 4. The van der Waals surface area contributed by atoms with Crippen molar-refractivity contribution in [3.05, 3.63) is 68.7 Å². The summed E-state index contributed by atoms with van der Waals surface area (Å²) in [5.41, 5.74) is 2.44. The maximum Gasteiger partial charge on any atom is 0.292 e. The van der Waals surface area contributed by atoms with Crippen LogP contribution in [0.4, 0.5) is 11.4 Å². The number of aryl methyl sites for hydroxylation is 1. The van der Waals surface area contributed by atoms with Gasteiger partial charge in [0.25, 0.3) is 5.69 Å². The molecule has 98 valence electrons. The van der Waals surface area contributed by atoms with Gasteiger partial charge in [0, 0.05) is 17.6 Å². The predicted octanol–water partition coefficient (Wildman–Crippen LogP) is 4.17. The standard InChI is InChI=1S/C14H13ClN2O2/c1-10-6-7-14(17(18)19)13(8-10)16-9-11-4-2-3-5-12(11)15/h2-8,16H,9H2,1H3. The summed E-state index contributed by atoms with van der Waals surface area (Å²) in [5, 5.41) is 14.7. The maximum atomic E-state index is 11.0. The number of nitro groups is 1. The normalized spacial score (nSPS) is 10.2. The van der Waals surface area contributed by atoms with Gasteiger partial charge in [0.05, 0.1) is 4.92 Å². The Morgan fingerprint density at radius 3 is 2.68 bits per heavy atom. The van der Waals surface area contributed by atoms with Crippen molar-refractivity contribution in [2.75, 3.05) is 5.32 Å². The van der Waals surface area contributed by atoms with Crippen molar-refractivity contribution in [2.24, 2.45) is 0 Å². The third-order valence-corrected chi connectivity index (χ3v) is 3.14. The number of nitro benzene ring substituents is 1. The minimum absolute atomic E-state index is 0.0673. The van der Waals surface area contributed by atoms with Gasteiger partial charge >= 0.3 is 0 Å². The predicted molar refractivity (Wildman–Crippen MR) is 76.6 cm³/mol. The molecule has 0 saturated heterocycles. The highest BCUT2D eigenvalue weighted by atomic mass is 35.5. The summed E-state index contributed by atoms with van der Waals surface area (Å²) in [7, 11) is 0. The van der Waals surface area contributed by atoms with Crippen molar-refractivity contribution < 1.29 is 4.92 Å². The molecule has 0 aliphatic carbocycles. The SMILES string of the molecule is Cc1ccc([N+](=O)[O-])c(NCc2ccccc2Cl)c1. The zero-order chi connectivity index (χ0) is 13.8. The van der Waals surface area contributed by atoms with E-state index in [4.69, 9.17) is 11.6 Å². The van der Waals surface area contributed by atoms with Crippen LogP contribution in [0.2, 0.25) is 5.02 Å². The number of benzene rings is 2. The largest absolute Gasteiger partial charge is 0.375 e. The lowest BCUT2D eigenvalue weighted by Gasteiger charge is -2.09. The van der Waals surface area contributed by atoms with E-state index in [1.807, 2.05) is 25.1 Å². The highest BCUT2D eigenvalue weighted by Gasteiger charge is 2.13. The summed E-state index contributed by atoms with van der Waals surface area (Å²) in [5.74, 6) is 0. The van der Waals surface area contributed by atoms with Gasteiger partial charge in [0.2, 0.25) is 0 Å². The van der Waals surface area contributed by atoms with E-state index in [0.717, 1.165) is 11.1 Å². The summed E-state index contributed by atoms with van der Waals surface area (Å²) >= 11 is 6.05. The van der Waals surface area contributed by atoms with Crippen LogP contribution >= 0.6 is 11.6 Å². The Morgan fingerprint density at radius 1 is 1.26 bits per heavy atom. The first-order valence-electron chi connectivity index (χ1n) is 5.80. The minimum atomic E-state index is -0.394. The van der Waals surface area contributed by atoms with Gasteiger partial charge in [-0.1, -0.05) is 35.9 Å². The molecule has 0 aromatic heterocycles. The quantitative estimate of drug-likeness (QED) is 0.673. The van der Waals surface area contributed by atoms with Crippen molar-refractivity contribution in [2.45, 2.75) is 13.5 Å². The number of halogens is 1. The Kier molecular flexibility index (Phi) is 4.02. The van der Waals surface area contributed by atoms with E-state index in [1.165, 1.54) is 6.07 Å². The lowest BCUT2D eigenvalue weighted by Crippen LogP contribution is -2.03. The van der Waals surface area contributed by atoms with Crippen LogP contribution in [0.15, 0.2) is 42.5 Å². The van der Waals surface area contributed by atoms with E-state index < -0.39 is 4.92 Å². The molecular weight excluding hydrogens is 264 g/mol. The lowest BCUT2D eigenvalue weighted by atomic mass is 10.1. The highest BCUT2D eigenvalue weighted by Crippen LogP contribution is 2.26. The first-order valence-corrected chi connectivity index (χ1v) is 6.18. The van der Waals surface area contributed by atoms with Crippen LogP contribution in [-0.2, 0) is 6.54 Å². The molecule has 2 rings (SSSR count). The summed E-state index contributed by atoms with van der Waals surface area (Å²) in [6.45, 7) is 2.34. The van der Waals surface area contributed by atoms with Gasteiger partial charge in [-0.25, -0.2) is 0 Å². The smallest absolute Gasteiger partial charge is 0.292 e. The molecule has 0 radical (unpaired) electrons. The number of hydrogen-bond donors (Lipinski definition) is 1. The second-order valence-corrected chi connectivity index (χ2v) is 4.63. The molecule has 0 bridgehead atoms. The van der Waals surface area contributed by atoms with Gasteiger partial charge in [-0.2, -0.15) is 0 Å². The van der Waals surface area contributed by atoms with Crippen molar-refractivity contribution >= 4 is 23.0 Å². The van der Waals surface area contributed by atoms with Gasteiger partial charge in [-0.05, 0) is 30.2 Å². The molecule has 0 spiro atoms. The third kappa shape index (κ3) is 3.23. The van der Waals surface area contributed by atoms with Crippen molar-refractivity contribution in [1.29, 1.82) is 0 Å². The molecule has 19 heavy (non-hydrogen) atoms. The van der Waals surface area contributed by atoms with E-state index in [0.29, 0.717) is 17.3 Å². The molecule has 0 unspecified atom stereocenters. The fraction of sp³-hybridized carbons (Fsp3) is 0.143. The fourth-order valence-electron chi connectivity index (χ4n) is 1.78. The molecular formula is C14H13ClN2O2. The Balaban J connectivity index is 2.22. The molecule has 0 aliphatic rings. The molecule has 0 fully saturated rings. The van der Waals surface area contributed by atoms with Crippen LogP contribution in [-0.4, -0.2) is 4.92 Å². The van der Waals surface area contributed by atoms with Gasteiger partial charge in [0.15, 0.2) is 0 Å². The summed E-state index contributed by atoms with van der Waals surface area (Å²) < 4.78 is 0. The van der Waals surface area contributed by atoms with E-state index in [-0.39, 0.29) is 5.69 Å².